The number of benzene rings is 1. The minimum Gasteiger partial charge on any atom is -0.490 e. The summed E-state index contributed by atoms with van der Waals surface area (Å²) in [7, 11) is 0. The monoisotopic (exact) mass is 262 g/mol. The van der Waals surface area contributed by atoms with E-state index in [1.165, 1.54) is 31.2 Å². The molecule has 1 saturated carbocycles. The minimum atomic E-state index is -0.474. The van der Waals surface area contributed by atoms with Gasteiger partial charge in [-0.15, -0.1) is 0 Å². The molecule has 0 radical (unpaired) electrons. The van der Waals surface area contributed by atoms with Crippen molar-refractivity contribution in [2.24, 2.45) is 5.92 Å². The van der Waals surface area contributed by atoms with Crippen LogP contribution < -0.4 is 4.74 Å². The molecule has 0 bridgehead atoms. The molecule has 1 aliphatic carbocycles. The van der Waals surface area contributed by atoms with E-state index in [2.05, 4.69) is 13.0 Å². The van der Waals surface area contributed by atoms with E-state index in [-0.39, 0.29) is 0 Å². The maximum atomic E-state index is 9.90. The van der Waals surface area contributed by atoms with Crippen LogP contribution in [0.3, 0.4) is 0 Å². The van der Waals surface area contributed by atoms with E-state index < -0.39 is 6.10 Å². The smallest absolute Gasteiger partial charge is 0.125 e. The lowest BCUT2D eigenvalue weighted by Crippen LogP contribution is -2.30. The second kappa shape index (κ2) is 6.42. The van der Waals surface area contributed by atoms with Gasteiger partial charge in [0.05, 0.1) is 6.10 Å². The number of aliphatic hydroxyl groups excluding tert-OH is 1. The van der Waals surface area contributed by atoms with Crippen molar-refractivity contribution >= 4 is 0 Å². The van der Waals surface area contributed by atoms with Gasteiger partial charge in [0.1, 0.15) is 11.9 Å². The van der Waals surface area contributed by atoms with Gasteiger partial charge < -0.3 is 9.84 Å². The van der Waals surface area contributed by atoms with E-state index in [9.17, 15) is 5.11 Å². The summed E-state index contributed by atoms with van der Waals surface area (Å²) in [6, 6.07) is 6.10. The Morgan fingerprint density at radius 2 is 2.05 bits per heavy atom. The standard InChI is InChI=1S/C17H26O2/c1-4-14-7-5-6-8-16(14)19-17-10-9-12(2)11-15(17)13(3)18/h9-11,13-14,16,18H,4-8H2,1-3H3. The van der Waals surface area contributed by atoms with Crippen LogP contribution in [0.25, 0.3) is 0 Å². The second-order valence-corrected chi connectivity index (χ2v) is 5.83. The molecule has 1 fully saturated rings. The number of hydrogen-bond acceptors (Lipinski definition) is 2. The number of aliphatic hydroxyl groups is 1. The van der Waals surface area contributed by atoms with E-state index in [1.54, 1.807) is 6.92 Å². The lowest BCUT2D eigenvalue weighted by Gasteiger charge is -2.32. The summed E-state index contributed by atoms with van der Waals surface area (Å²) in [5, 5.41) is 9.90. The fourth-order valence-electron chi connectivity index (χ4n) is 3.06. The molecular formula is C17H26O2. The summed E-state index contributed by atoms with van der Waals surface area (Å²) >= 11 is 0. The highest BCUT2D eigenvalue weighted by Crippen LogP contribution is 2.33. The Morgan fingerprint density at radius 3 is 2.74 bits per heavy atom. The van der Waals surface area contributed by atoms with Crippen LogP contribution in [0.4, 0.5) is 0 Å². The Labute approximate surface area is 116 Å². The lowest BCUT2D eigenvalue weighted by atomic mass is 9.84. The Bertz CT molecular complexity index is 412. The number of hydrogen-bond donors (Lipinski definition) is 1. The largest absolute Gasteiger partial charge is 0.490 e. The molecule has 19 heavy (non-hydrogen) atoms. The van der Waals surface area contributed by atoms with Crippen LogP contribution in [0, 0.1) is 12.8 Å². The summed E-state index contributed by atoms with van der Waals surface area (Å²) in [5.41, 5.74) is 2.08. The Kier molecular flexibility index (Phi) is 4.87. The predicted molar refractivity (Wildman–Crippen MR) is 78.5 cm³/mol. The van der Waals surface area contributed by atoms with Gasteiger partial charge in [-0.1, -0.05) is 25.0 Å². The molecule has 0 amide bonds. The van der Waals surface area contributed by atoms with Crippen molar-refractivity contribution in [2.45, 2.75) is 65.1 Å². The molecule has 0 aliphatic heterocycles. The van der Waals surface area contributed by atoms with Crippen LogP contribution >= 0.6 is 0 Å². The molecule has 2 heteroatoms. The van der Waals surface area contributed by atoms with Crippen LogP contribution in [0.2, 0.25) is 0 Å². The van der Waals surface area contributed by atoms with Gasteiger partial charge in [-0.3, -0.25) is 0 Å². The fourth-order valence-corrected chi connectivity index (χ4v) is 3.06. The molecule has 106 valence electrons. The molecule has 3 unspecified atom stereocenters. The van der Waals surface area contributed by atoms with E-state index in [4.69, 9.17) is 4.74 Å². The molecular weight excluding hydrogens is 236 g/mol. The molecule has 0 saturated heterocycles. The first kappa shape index (κ1) is 14.4. The Balaban J connectivity index is 2.17. The van der Waals surface area contributed by atoms with Gasteiger partial charge in [-0.05, 0) is 57.6 Å². The summed E-state index contributed by atoms with van der Waals surface area (Å²) in [4.78, 5) is 0. The molecule has 3 atom stereocenters. The highest BCUT2D eigenvalue weighted by molar-refractivity contribution is 5.38. The van der Waals surface area contributed by atoms with E-state index in [0.717, 1.165) is 17.7 Å². The van der Waals surface area contributed by atoms with Gasteiger partial charge in [0.2, 0.25) is 0 Å². The van der Waals surface area contributed by atoms with Crippen LogP contribution in [-0.2, 0) is 0 Å². The Morgan fingerprint density at radius 1 is 1.32 bits per heavy atom. The van der Waals surface area contributed by atoms with Crippen molar-refractivity contribution < 1.29 is 9.84 Å². The van der Waals surface area contributed by atoms with Crippen LogP contribution in [-0.4, -0.2) is 11.2 Å². The molecule has 1 aromatic carbocycles. The molecule has 0 aromatic heterocycles. The molecule has 0 heterocycles. The van der Waals surface area contributed by atoms with Crippen LogP contribution in [0.15, 0.2) is 18.2 Å². The maximum Gasteiger partial charge on any atom is 0.125 e. The van der Waals surface area contributed by atoms with Gasteiger partial charge >= 0.3 is 0 Å². The summed E-state index contributed by atoms with van der Waals surface area (Å²) in [5.74, 6) is 1.53. The predicted octanol–water partition coefficient (Wildman–Crippen LogP) is 4.40. The van der Waals surface area contributed by atoms with Crippen molar-refractivity contribution in [1.29, 1.82) is 0 Å². The minimum absolute atomic E-state index is 0.318. The molecule has 0 spiro atoms. The first-order chi connectivity index (χ1) is 9.11. The fraction of sp³-hybridized carbons (Fsp3) is 0.647. The maximum absolute atomic E-state index is 9.90. The van der Waals surface area contributed by atoms with Crippen molar-refractivity contribution in [3.05, 3.63) is 29.3 Å². The third-order valence-electron chi connectivity index (χ3n) is 4.26. The molecule has 1 aliphatic rings. The quantitative estimate of drug-likeness (QED) is 0.871. The van der Waals surface area contributed by atoms with Gasteiger partial charge in [0.25, 0.3) is 0 Å². The van der Waals surface area contributed by atoms with Crippen molar-refractivity contribution in [3.63, 3.8) is 0 Å². The second-order valence-electron chi connectivity index (χ2n) is 5.83. The lowest BCUT2D eigenvalue weighted by molar-refractivity contribution is 0.0855. The van der Waals surface area contributed by atoms with Crippen molar-refractivity contribution in [2.75, 3.05) is 0 Å². The summed E-state index contributed by atoms with van der Waals surface area (Å²) in [6.07, 6.45) is 6.04. The normalized spacial score (nSPS) is 25.1. The average molecular weight is 262 g/mol. The number of ether oxygens (including phenoxy) is 1. The van der Waals surface area contributed by atoms with E-state index >= 15 is 0 Å². The van der Waals surface area contributed by atoms with Crippen molar-refractivity contribution in [1.82, 2.24) is 0 Å². The number of aryl methyl sites for hydroxylation is 1. The molecule has 1 aromatic rings. The van der Waals surface area contributed by atoms with E-state index in [1.807, 2.05) is 19.1 Å². The highest BCUT2D eigenvalue weighted by atomic mass is 16.5. The summed E-state index contributed by atoms with van der Waals surface area (Å²) in [6.45, 7) is 6.10. The first-order valence-electron chi connectivity index (χ1n) is 7.57. The van der Waals surface area contributed by atoms with Gasteiger partial charge in [-0.2, -0.15) is 0 Å². The highest BCUT2D eigenvalue weighted by Gasteiger charge is 2.26. The SMILES string of the molecule is CCC1CCCCC1Oc1ccc(C)cc1C(C)O. The first-order valence-corrected chi connectivity index (χ1v) is 7.57. The topological polar surface area (TPSA) is 29.5 Å². The zero-order valence-corrected chi connectivity index (χ0v) is 12.4. The average Bonchev–Trinajstić information content (AvgIpc) is 2.41. The van der Waals surface area contributed by atoms with Gasteiger partial charge in [0, 0.05) is 5.56 Å². The zero-order valence-electron chi connectivity index (χ0n) is 12.4. The summed E-state index contributed by atoms with van der Waals surface area (Å²) < 4.78 is 6.25. The zero-order chi connectivity index (χ0) is 13.8. The molecule has 1 N–H and O–H groups in total. The van der Waals surface area contributed by atoms with Crippen LogP contribution in [0.1, 0.15) is 63.2 Å². The third kappa shape index (κ3) is 3.50. The molecule has 2 rings (SSSR count). The van der Waals surface area contributed by atoms with E-state index in [0.29, 0.717) is 12.0 Å². The van der Waals surface area contributed by atoms with Crippen LogP contribution in [0.5, 0.6) is 5.75 Å². The molecule has 2 nitrogen and oxygen atoms in total. The Hall–Kier alpha value is -1.02. The van der Waals surface area contributed by atoms with Gasteiger partial charge in [0.15, 0.2) is 0 Å². The third-order valence-corrected chi connectivity index (χ3v) is 4.26. The van der Waals surface area contributed by atoms with Gasteiger partial charge in [-0.25, -0.2) is 0 Å². The number of rotatable bonds is 4. The van der Waals surface area contributed by atoms with Crippen molar-refractivity contribution in [3.8, 4) is 5.75 Å².